The number of carbonyl (C=O) groups is 1. The van der Waals surface area contributed by atoms with Crippen molar-refractivity contribution in [3.05, 3.63) is 58.6 Å². The maximum atomic E-state index is 11.0. The normalized spacial score (nSPS) is 11.5. The van der Waals surface area contributed by atoms with Crippen LogP contribution in [0.1, 0.15) is 23.9 Å². The topological polar surface area (TPSA) is 67.5 Å². The van der Waals surface area contributed by atoms with Gasteiger partial charge < -0.3 is 5.11 Å². The van der Waals surface area contributed by atoms with Crippen LogP contribution in [-0.2, 0) is 11.2 Å². The van der Waals surface area contributed by atoms with Gasteiger partial charge >= 0.3 is 5.97 Å². The molecule has 24 heavy (non-hydrogen) atoms. The minimum atomic E-state index is -1.00. The van der Waals surface area contributed by atoms with E-state index >= 15 is 0 Å². The molecular formula is C18H16ClN3O2. The highest BCUT2D eigenvalue weighted by Crippen LogP contribution is 2.33. The van der Waals surface area contributed by atoms with Crippen LogP contribution in [0.2, 0.25) is 5.15 Å². The van der Waals surface area contributed by atoms with Crippen molar-refractivity contribution in [2.24, 2.45) is 0 Å². The molecule has 5 nitrogen and oxygen atoms in total. The Morgan fingerprint density at radius 1 is 1.38 bits per heavy atom. The van der Waals surface area contributed by atoms with Crippen molar-refractivity contribution >= 4 is 29.2 Å². The van der Waals surface area contributed by atoms with E-state index in [4.69, 9.17) is 16.7 Å². The molecule has 3 heterocycles. The Balaban J connectivity index is 2.38. The number of carboxylic acid groups (broad SMARTS) is 1. The maximum Gasteiger partial charge on any atom is 0.328 e. The third-order valence-corrected chi connectivity index (χ3v) is 4.08. The number of fused-ring (bicyclic) bond motifs is 1. The second-order valence-electron chi connectivity index (χ2n) is 5.39. The molecule has 0 atom stereocenters. The minimum absolute atomic E-state index is 0.385. The summed E-state index contributed by atoms with van der Waals surface area (Å²) in [7, 11) is 0. The predicted molar refractivity (Wildman–Crippen MR) is 94.2 cm³/mol. The summed E-state index contributed by atoms with van der Waals surface area (Å²) in [6.45, 7) is 3.94. The molecular weight excluding hydrogens is 326 g/mol. The molecule has 0 aliphatic heterocycles. The third-order valence-electron chi connectivity index (χ3n) is 3.87. The number of carboxylic acids is 1. The van der Waals surface area contributed by atoms with E-state index in [0.717, 1.165) is 46.1 Å². The lowest BCUT2D eigenvalue weighted by Gasteiger charge is -2.13. The van der Waals surface area contributed by atoms with E-state index in [1.165, 1.54) is 0 Å². The van der Waals surface area contributed by atoms with Crippen LogP contribution in [0, 0.1) is 6.92 Å². The lowest BCUT2D eigenvalue weighted by atomic mass is 9.99. The lowest BCUT2D eigenvalue weighted by molar-refractivity contribution is -0.131. The van der Waals surface area contributed by atoms with Crippen LogP contribution < -0.4 is 0 Å². The number of halogens is 1. The first-order valence-electron chi connectivity index (χ1n) is 7.55. The van der Waals surface area contributed by atoms with Crippen molar-refractivity contribution in [2.45, 2.75) is 20.3 Å². The highest BCUT2D eigenvalue weighted by atomic mass is 35.5. The number of hydrogen-bond donors (Lipinski definition) is 1. The smallest absolute Gasteiger partial charge is 0.328 e. The Labute approximate surface area is 144 Å². The van der Waals surface area contributed by atoms with Gasteiger partial charge in [0.15, 0.2) is 0 Å². The number of hydrogen-bond acceptors (Lipinski definition) is 3. The van der Waals surface area contributed by atoms with Crippen LogP contribution in [0.25, 0.3) is 22.7 Å². The van der Waals surface area contributed by atoms with Crippen molar-refractivity contribution in [3.8, 4) is 11.1 Å². The fourth-order valence-electron chi connectivity index (χ4n) is 2.79. The van der Waals surface area contributed by atoms with Gasteiger partial charge in [0.2, 0.25) is 0 Å². The van der Waals surface area contributed by atoms with E-state index < -0.39 is 5.97 Å². The van der Waals surface area contributed by atoms with Crippen molar-refractivity contribution < 1.29 is 9.90 Å². The number of pyridine rings is 1. The molecule has 0 spiro atoms. The van der Waals surface area contributed by atoms with Crippen LogP contribution in [0.4, 0.5) is 0 Å². The fraction of sp³-hybridized carbons (Fsp3) is 0.167. The molecule has 3 rings (SSSR count). The summed E-state index contributed by atoms with van der Waals surface area (Å²) < 4.78 is 1.90. The molecule has 122 valence electrons. The second kappa shape index (κ2) is 6.45. The van der Waals surface area contributed by atoms with E-state index in [1.54, 1.807) is 18.3 Å². The molecule has 0 radical (unpaired) electrons. The third kappa shape index (κ3) is 2.90. The van der Waals surface area contributed by atoms with E-state index in [9.17, 15) is 4.79 Å². The zero-order valence-corrected chi connectivity index (χ0v) is 14.1. The van der Waals surface area contributed by atoms with Gasteiger partial charge in [0.1, 0.15) is 5.15 Å². The number of rotatable bonds is 4. The molecule has 0 aliphatic rings. The van der Waals surface area contributed by atoms with Gasteiger partial charge in [-0.05, 0) is 49.2 Å². The minimum Gasteiger partial charge on any atom is -0.478 e. The average Bonchev–Trinajstić information content (AvgIpc) is 2.94. The SMILES string of the molecule is CCc1ccc2c(-c3ccnc(Cl)c3)c(C=CC(=O)O)c(C)nn12. The fourth-order valence-corrected chi connectivity index (χ4v) is 2.96. The van der Waals surface area contributed by atoms with Gasteiger partial charge in [0.05, 0.1) is 11.2 Å². The Bertz CT molecular complexity index is 960. The Morgan fingerprint density at radius 2 is 2.17 bits per heavy atom. The summed E-state index contributed by atoms with van der Waals surface area (Å²) >= 11 is 6.05. The molecule has 0 amide bonds. The van der Waals surface area contributed by atoms with Gasteiger partial charge in [0.25, 0.3) is 0 Å². The molecule has 0 fully saturated rings. The number of nitrogens with zero attached hydrogens (tertiary/aromatic N) is 3. The van der Waals surface area contributed by atoms with E-state index in [-0.39, 0.29) is 0 Å². The molecule has 0 saturated carbocycles. The first-order chi connectivity index (χ1) is 11.5. The van der Waals surface area contributed by atoms with E-state index in [2.05, 4.69) is 17.0 Å². The highest BCUT2D eigenvalue weighted by molar-refractivity contribution is 6.29. The molecule has 0 aliphatic carbocycles. The largest absolute Gasteiger partial charge is 0.478 e. The highest BCUT2D eigenvalue weighted by Gasteiger charge is 2.15. The first-order valence-corrected chi connectivity index (χ1v) is 7.93. The molecule has 3 aromatic heterocycles. The summed E-state index contributed by atoms with van der Waals surface area (Å²) in [5.74, 6) is -1.00. The van der Waals surface area contributed by atoms with Crippen molar-refractivity contribution in [1.82, 2.24) is 14.6 Å². The molecule has 0 bridgehead atoms. The van der Waals surface area contributed by atoms with Crippen molar-refractivity contribution in [1.29, 1.82) is 0 Å². The maximum absolute atomic E-state index is 11.0. The predicted octanol–water partition coefficient (Wildman–Crippen LogP) is 4.02. The van der Waals surface area contributed by atoms with Crippen LogP contribution in [0.3, 0.4) is 0 Å². The number of aliphatic carboxylic acids is 1. The molecule has 1 N–H and O–H groups in total. The van der Waals surface area contributed by atoms with Crippen LogP contribution in [0.5, 0.6) is 0 Å². The van der Waals surface area contributed by atoms with Gasteiger partial charge in [-0.2, -0.15) is 5.10 Å². The summed E-state index contributed by atoms with van der Waals surface area (Å²) in [6, 6.07) is 7.65. The number of aromatic nitrogens is 3. The zero-order valence-electron chi connectivity index (χ0n) is 13.3. The molecule has 3 aromatic rings. The average molecular weight is 342 g/mol. The van der Waals surface area contributed by atoms with Crippen LogP contribution >= 0.6 is 11.6 Å². The lowest BCUT2D eigenvalue weighted by Crippen LogP contribution is -2.04. The quantitative estimate of drug-likeness (QED) is 0.575. The Kier molecular flexibility index (Phi) is 4.36. The molecule has 0 unspecified atom stereocenters. The summed E-state index contributed by atoms with van der Waals surface area (Å²) in [5.41, 5.74) is 5.26. The summed E-state index contributed by atoms with van der Waals surface area (Å²) in [6.07, 6.45) is 5.18. The molecule has 0 aromatic carbocycles. The standard InChI is InChI=1S/C18H16ClN3O2/c1-3-13-4-6-15-18(12-8-9-20-16(19)10-12)14(5-7-17(23)24)11(2)21-22(13)15/h4-10H,3H2,1-2H3,(H,23,24). The first kappa shape index (κ1) is 16.2. The van der Waals surface area contributed by atoms with Gasteiger partial charge in [0, 0.05) is 29.1 Å². The summed E-state index contributed by atoms with van der Waals surface area (Å²) in [4.78, 5) is 15.0. The zero-order chi connectivity index (χ0) is 17.3. The van der Waals surface area contributed by atoms with E-state index in [0.29, 0.717) is 5.15 Å². The monoisotopic (exact) mass is 341 g/mol. The Morgan fingerprint density at radius 3 is 2.83 bits per heavy atom. The summed E-state index contributed by atoms with van der Waals surface area (Å²) in [5, 5.41) is 14.0. The van der Waals surface area contributed by atoms with Gasteiger partial charge in [-0.1, -0.05) is 18.5 Å². The van der Waals surface area contributed by atoms with Crippen molar-refractivity contribution in [3.63, 3.8) is 0 Å². The van der Waals surface area contributed by atoms with Gasteiger partial charge in [-0.25, -0.2) is 14.3 Å². The number of aryl methyl sites for hydroxylation is 2. The van der Waals surface area contributed by atoms with Crippen LogP contribution in [0.15, 0.2) is 36.5 Å². The molecule has 6 heteroatoms. The second-order valence-corrected chi connectivity index (χ2v) is 5.78. The Hall–Kier alpha value is -2.66. The van der Waals surface area contributed by atoms with Gasteiger partial charge in [-0.3, -0.25) is 0 Å². The van der Waals surface area contributed by atoms with Gasteiger partial charge in [-0.15, -0.1) is 0 Å². The van der Waals surface area contributed by atoms with Crippen molar-refractivity contribution in [2.75, 3.05) is 0 Å². The van der Waals surface area contributed by atoms with E-state index in [1.807, 2.05) is 29.6 Å². The van der Waals surface area contributed by atoms with Crippen LogP contribution in [-0.4, -0.2) is 25.7 Å². The molecule has 0 saturated heterocycles.